The monoisotopic (exact) mass is 537 g/mol. The number of likely N-dealkylation sites (tertiary alicyclic amines) is 1. The molecule has 1 unspecified atom stereocenters. The molecule has 202 valence electrons. The predicted octanol–water partition coefficient (Wildman–Crippen LogP) is 4.69. The number of para-hydroxylation sites is 1. The van der Waals surface area contributed by atoms with Crippen molar-refractivity contribution in [3.05, 3.63) is 35.0 Å². The Kier molecular flexibility index (Phi) is 7.94. The Morgan fingerprint density at radius 3 is 2.79 bits per heavy atom. The van der Waals surface area contributed by atoms with Crippen LogP contribution in [0.1, 0.15) is 81.1 Å². The smallest absolute Gasteiger partial charge is 0.270 e. The molecule has 9 heteroatoms. The lowest BCUT2D eigenvalue weighted by molar-refractivity contribution is -0.127. The Hall–Kier alpha value is -3.05. The van der Waals surface area contributed by atoms with Gasteiger partial charge in [0.1, 0.15) is 11.7 Å². The van der Waals surface area contributed by atoms with Crippen LogP contribution in [0.3, 0.4) is 0 Å². The van der Waals surface area contributed by atoms with Crippen LogP contribution in [0.25, 0.3) is 10.9 Å². The molecule has 1 spiro atoms. The molecule has 0 bridgehead atoms. The Morgan fingerprint density at radius 2 is 2.05 bits per heavy atom. The normalized spacial score (nSPS) is 23.7. The third-order valence-electron chi connectivity index (χ3n) is 8.74. The van der Waals surface area contributed by atoms with Crippen LogP contribution < -0.4 is 10.6 Å². The minimum absolute atomic E-state index is 0.0399. The largest absolute Gasteiger partial charge is 0.356 e. The van der Waals surface area contributed by atoms with Crippen molar-refractivity contribution in [3.63, 3.8) is 0 Å². The topological polar surface area (TPSA) is 118 Å². The van der Waals surface area contributed by atoms with Crippen LogP contribution in [0.2, 0.25) is 5.02 Å². The summed E-state index contributed by atoms with van der Waals surface area (Å²) in [6.07, 6.45) is 9.43. The summed E-state index contributed by atoms with van der Waals surface area (Å²) >= 11 is 6.34. The Morgan fingerprint density at radius 1 is 1.24 bits per heavy atom. The van der Waals surface area contributed by atoms with Gasteiger partial charge in [-0.15, -0.1) is 0 Å². The van der Waals surface area contributed by atoms with E-state index in [1.165, 1.54) is 19.3 Å². The second-order valence-electron chi connectivity index (χ2n) is 11.4. The van der Waals surface area contributed by atoms with Gasteiger partial charge >= 0.3 is 0 Å². The number of amides is 3. The first-order chi connectivity index (χ1) is 18.4. The molecule has 1 saturated carbocycles. The fourth-order valence-corrected chi connectivity index (χ4v) is 7.00. The van der Waals surface area contributed by atoms with Crippen molar-refractivity contribution in [2.24, 2.45) is 11.3 Å². The maximum atomic E-state index is 13.8. The van der Waals surface area contributed by atoms with Crippen molar-refractivity contribution >= 4 is 40.2 Å². The van der Waals surface area contributed by atoms with Gasteiger partial charge in [0.2, 0.25) is 11.8 Å². The zero-order chi connectivity index (χ0) is 26.7. The fourth-order valence-electron chi connectivity index (χ4n) is 6.77. The summed E-state index contributed by atoms with van der Waals surface area (Å²) in [5.41, 5.74) is 1.39. The molecule has 0 radical (unpaired) electrons. The number of halogens is 1. The van der Waals surface area contributed by atoms with Crippen LogP contribution in [0.15, 0.2) is 24.3 Å². The summed E-state index contributed by atoms with van der Waals surface area (Å²) in [5, 5.41) is 16.7. The minimum Gasteiger partial charge on any atom is -0.356 e. The molecule has 2 saturated heterocycles. The molecule has 3 N–H and O–H groups in total. The highest BCUT2D eigenvalue weighted by Crippen LogP contribution is 2.47. The van der Waals surface area contributed by atoms with Gasteiger partial charge in [-0.3, -0.25) is 14.4 Å². The lowest BCUT2D eigenvalue weighted by Gasteiger charge is -2.33. The van der Waals surface area contributed by atoms with Crippen LogP contribution in [0, 0.1) is 22.7 Å². The minimum atomic E-state index is -0.696. The van der Waals surface area contributed by atoms with Crippen molar-refractivity contribution in [2.45, 2.75) is 82.7 Å². The van der Waals surface area contributed by atoms with Crippen molar-refractivity contribution in [2.75, 3.05) is 13.1 Å². The van der Waals surface area contributed by atoms with Gasteiger partial charge in [-0.1, -0.05) is 43.0 Å². The molecule has 2 aromatic rings. The number of aromatic amines is 1. The average Bonchev–Trinajstić information content (AvgIpc) is 3.51. The van der Waals surface area contributed by atoms with E-state index >= 15 is 0 Å². The maximum Gasteiger partial charge on any atom is 0.270 e. The van der Waals surface area contributed by atoms with Crippen LogP contribution in [0.5, 0.6) is 0 Å². The van der Waals surface area contributed by atoms with Gasteiger partial charge in [0.05, 0.1) is 16.6 Å². The predicted molar refractivity (Wildman–Crippen MR) is 145 cm³/mol. The van der Waals surface area contributed by atoms with E-state index in [1.54, 1.807) is 6.07 Å². The molecule has 1 aliphatic carbocycles. The number of nitriles is 1. The molecule has 38 heavy (non-hydrogen) atoms. The van der Waals surface area contributed by atoms with Crippen molar-refractivity contribution in [1.29, 1.82) is 5.26 Å². The van der Waals surface area contributed by atoms with Gasteiger partial charge < -0.3 is 20.5 Å². The SMILES string of the molecule is N#C[C@H](C[C@@H]1CCCNC1=O)NC(=O)CCC1CC2(CCCCC2)CN1C(=O)c1cc2cccc(Cl)c2[nH]1. The summed E-state index contributed by atoms with van der Waals surface area (Å²) < 4.78 is 0. The molecular weight excluding hydrogens is 502 g/mol. The second-order valence-corrected chi connectivity index (χ2v) is 11.8. The number of carbonyl (C=O) groups excluding carboxylic acids is 3. The van der Waals surface area contributed by atoms with E-state index < -0.39 is 6.04 Å². The first kappa shape index (κ1) is 26.6. The number of aromatic nitrogens is 1. The second kappa shape index (κ2) is 11.4. The van der Waals surface area contributed by atoms with Gasteiger partial charge in [-0.25, -0.2) is 0 Å². The van der Waals surface area contributed by atoms with E-state index in [0.717, 1.165) is 43.0 Å². The molecule has 1 aromatic carbocycles. The Bertz CT molecular complexity index is 1240. The number of rotatable bonds is 7. The van der Waals surface area contributed by atoms with E-state index in [9.17, 15) is 19.6 Å². The fraction of sp³-hybridized carbons (Fsp3) is 0.586. The molecule has 1 aromatic heterocycles. The van der Waals surface area contributed by atoms with Gasteiger partial charge in [0.15, 0.2) is 0 Å². The number of hydrogen-bond acceptors (Lipinski definition) is 4. The van der Waals surface area contributed by atoms with E-state index in [4.69, 9.17) is 11.6 Å². The first-order valence-electron chi connectivity index (χ1n) is 13.9. The molecular formula is C29H36ClN5O3. The number of carbonyl (C=O) groups is 3. The van der Waals surface area contributed by atoms with E-state index in [0.29, 0.717) is 36.6 Å². The molecule has 2 aliphatic heterocycles. The lowest BCUT2D eigenvalue weighted by atomic mass is 9.72. The average molecular weight is 538 g/mol. The zero-order valence-electron chi connectivity index (χ0n) is 21.7. The number of hydrogen-bond donors (Lipinski definition) is 3. The Balaban J connectivity index is 1.26. The van der Waals surface area contributed by atoms with Crippen LogP contribution in [0.4, 0.5) is 0 Å². The molecule has 3 fully saturated rings. The summed E-state index contributed by atoms with van der Waals surface area (Å²) in [7, 11) is 0. The number of piperidine rings is 1. The highest BCUT2D eigenvalue weighted by Gasteiger charge is 2.46. The number of fused-ring (bicyclic) bond motifs is 1. The number of H-pyrrole nitrogens is 1. The summed E-state index contributed by atoms with van der Waals surface area (Å²) in [5.74, 6) is -0.542. The number of nitrogens with zero attached hydrogens (tertiary/aromatic N) is 2. The Labute approximate surface area is 228 Å². The van der Waals surface area contributed by atoms with E-state index in [1.807, 2.05) is 23.1 Å². The summed E-state index contributed by atoms with van der Waals surface area (Å²) in [6, 6.07) is 8.88. The molecule has 3 aliphatic rings. The standard InChI is InChI=1S/C29H36ClN5O3/c30-23-8-4-6-19-15-24(34-26(19)23)28(38)35-18-29(11-2-1-3-12-29)16-22(35)9-10-25(36)33-21(17-31)14-20-7-5-13-32-27(20)37/h4,6,8,15,20-22,34H,1-3,5,7,9-14,16,18H2,(H,32,37)(H,33,36)/t20-,21-,22?/m0/s1. The molecule has 3 amide bonds. The van der Waals surface area contributed by atoms with Crippen molar-refractivity contribution in [3.8, 4) is 6.07 Å². The summed E-state index contributed by atoms with van der Waals surface area (Å²) in [6.45, 7) is 1.38. The highest BCUT2D eigenvalue weighted by atomic mass is 35.5. The third-order valence-corrected chi connectivity index (χ3v) is 9.06. The highest BCUT2D eigenvalue weighted by molar-refractivity contribution is 6.35. The molecule has 3 atom stereocenters. The van der Waals surface area contributed by atoms with Gasteiger partial charge in [0.25, 0.3) is 5.91 Å². The molecule has 5 rings (SSSR count). The van der Waals surface area contributed by atoms with Gasteiger partial charge in [0, 0.05) is 36.9 Å². The van der Waals surface area contributed by atoms with E-state index in [2.05, 4.69) is 21.7 Å². The first-order valence-corrected chi connectivity index (χ1v) is 14.3. The van der Waals surface area contributed by atoms with Gasteiger partial charge in [-0.05, 0) is 62.5 Å². The molecule has 3 heterocycles. The lowest BCUT2D eigenvalue weighted by Crippen LogP contribution is -2.42. The van der Waals surface area contributed by atoms with Crippen molar-refractivity contribution < 1.29 is 14.4 Å². The maximum absolute atomic E-state index is 13.8. The van der Waals surface area contributed by atoms with Crippen LogP contribution in [-0.2, 0) is 9.59 Å². The van der Waals surface area contributed by atoms with Crippen LogP contribution in [-0.4, -0.2) is 52.8 Å². The van der Waals surface area contributed by atoms with E-state index in [-0.39, 0.29) is 41.5 Å². The number of nitrogens with one attached hydrogen (secondary N) is 3. The molecule has 8 nitrogen and oxygen atoms in total. The summed E-state index contributed by atoms with van der Waals surface area (Å²) in [4.78, 5) is 43.9. The van der Waals surface area contributed by atoms with Gasteiger partial charge in [-0.2, -0.15) is 5.26 Å². The third kappa shape index (κ3) is 5.68. The quantitative estimate of drug-likeness (QED) is 0.474. The van der Waals surface area contributed by atoms with Crippen molar-refractivity contribution in [1.82, 2.24) is 20.5 Å². The zero-order valence-corrected chi connectivity index (χ0v) is 22.5. The van der Waals surface area contributed by atoms with Crippen LogP contribution >= 0.6 is 11.6 Å². The number of benzene rings is 1.